The lowest BCUT2D eigenvalue weighted by molar-refractivity contribution is 0.0657. The molecule has 1 saturated heterocycles. The lowest BCUT2D eigenvalue weighted by Crippen LogP contribution is -2.44. The van der Waals surface area contributed by atoms with E-state index < -0.39 is 0 Å². The molecule has 2 rings (SSSR count). The molecule has 4 heteroatoms. The first-order valence-corrected chi connectivity index (χ1v) is 6.51. The van der Waals surface area contributed by atoms with E-state index in [-0.39, 0.29) is 5.91 Å². The lowest BCUT2D eigenvalue weighted by atomic mass is 10.0. The van der Waals surface area contributed by atoms with Gasteiger partial charge in [0.2, 0.25) is 0 Å². The summed E-state index contributed by atoms with van der Waals surface area (Å²) in [6.07, 6.45) is 3.76. The molecule has 0 spiro atoms. The molecular weight excluding hydrogens is 228 g/mol. The highest BCUT2D eigenvalue weighted by Crippen LogP contribution is 2.21. The van der Waals surface area contributed by atoms with Crippen LogP contribution in [0.3, 0.4) is 0 Å². The number of furan rings is 1. The molecule has 1 aromatic heterocycles. The van der Waals surface area contributed by atoms with Crippen molar-refractivity contribution in [3.05, 3.63) is 23.2 Å². The number of piperidine rings is 1. The number of carbonyl (C=O) groups is 1. The Balaban J connectivity index is 2.09. The van der Waals surface area contributed by atoms with Crippen LogP contribution in [0.15, 0.2) is 10.7 Å². The SMILES string of the molecule is Cc1coc(C)c1C(=O)N(C)C1CCN(C)CC1. The fourth-order valence-electron chi connectivity index (χ4n) is 2.62. The summed E-state index contributed by atoms with van der Waals surface area (Å²) < 4.78 is 5.32. The van der Waals surface area contributed by atoms with Crippen LogP contribution in [0.25, 0.3) is 0 Å². The Kier molecular flexibility index (Phi) is 3.76. The first kappa shape index (κ1) is 13.1. The zero-order valence-corrected chi connectivity index (χ0v) is 11.7. The Morgan fingerprint density at radius 2 is 2.00 bits per heavy atom. The highest BCUT2D eigenvalue weighted by Gasteiger charge is 2.27. The second-order valence-electron chi connectivity index (χ2n) is 5.30. The Morgan fingerprint density at radius 1 is 1.39 bits per heavy atom. The molecule has 0 N–H and O–H groups in total. The molecule has 18 heavy (non-hydrogen) atoms. The Hall–Kier alpha value is -1.29. The van der Waals surface area contributed by atoms with E-state index in [0.29, 0.717) is 6.04 Å². The van der Waals surface area contributed by atoms with Crippen LogP contribution in [0.1, 0.15) is 34.5 Å². The molecule has 1 fully saturated rings. The predicted molar refractivity (Wildman–Crippen MR) is 70.8 cm³/mol. The van der Waals surface area contributed by atoms with E-state index in [1.807, 2.05) is 25.8 Å². The highest BCUT2D eigenvalue weighted by atomic mass is 16.3. The van der Waals surface area contributed by atoms with Gasteiger partial charge in [0.05, 0.1) is 11.8 Å². The van der Waals surface area contributed by atoms with Gasteiger partial charge in [0, 0.05) is 18.7 Å². The van der Waals surface area contributed by atoms with Gasteiger partial charge < -0.3 is 14.2 Å². The summed E-state index contributed by atoms with van der Waals surface area (Å²) in [5.74, 6) is 0.811. The van der Waals surface area contributed by atoms with Crippen molar-refractivity contribution in [2.24, 2.45) is 0 Å². The quantitative estimate of drug-likeness (QED) is 0.806. The van der Waals surface area contributed by atoms with Crippen LogP contribution in [-0.2, 0) is 0 Å². The number of likely N-dealkylation sites (tertiary alicyclic amines) is 1. The van der Waals surface area contributed by atoms with Crippen molar-refractivity contribution < 1.29 is 9.21 Å². The summed E-state index contributed by atoms with van der Waals surface area (Å²) in [5.41, 5.74) is 1.66. The zero-order chi connectivity index (χ0) is 13.3. The summed E-state index contributed by atoms with van der Waals surface area (Å²) in [4.78, 5) is 16.7. The van der Waals surface area contributed by atoms with Crippen LogP contribution in [0.4, 0.5) is 0 Å². The molecule has 0 aliphatic carbocycles. The second kappa shape index (κ2) is 5.14. The summed E-state index contributed by atoms with van der Waals surface area (Å²) >= 11 is 0. The maximum Gasteiger partial charge on any atom is 0.257 e. The zero-order valence-electron chi connectivity index (χ0n) is 11.7. The van der Waals surface area contributed by atoms with Gasteiger partial charge in [0.1, 0.15) is 5.76 Å². The average molecular weight is 250 g/mol. The number of rotatable bonds is 2. The Labute approximate surface area is 109 Å². The van der Waals surface area contributed by atoms with Crippen LogP contribution >= 0.6 is 0 Å². The van der Waals surface area contributed by atoms with Gasteiger partial charge >= 0.3 is 0 Å². The molecule has 100 valence electrons. The van der Waals surface area contributed by atoms with Gasteiger partial charge in [-0.25, -0.2) is 0 Å². The van der Waals surface area contributed by atoms with Gasteiger partial charge in [-0.3, -0.25) is 4.79 Å². The smallest absolute Gasteiger partial charge is 0.257 e. The van der Waals surface area contributed by atoms with Gasteiger partial charge in [-0.05, 0) is 46.8 Å². The molecule has 0 bridgehead atoms. The molecule has 0 unspecified atom stereocenters. The van der Waals surface area contributed by atoms with Crippen LogP contribution in [0, 0.1) is 13.8 Å². The molecule has 2 heterocycles. The Bertz CT molecular complexity index is 412. The number of nitrogens with zero attached hydrogens (tertiary/aromatic N) is 2. The first-order valence-electron chi connectivity index (χ1n) is 6.51. The molecule has 0 radical (unpaired) electrons. The van der Waals surface area contributed by atoms with Crippen molar-refractivity contribution in [2.75, 3.05) is 27.2 Å². The predicted octanol–water partition coefficient (Wildman–Crippen LogP) is 2.06. The minimum absolute atomic E-state index is 0.0910. The van der Waals surface area contributed by atoms with Gasteiger partial charge in [-0.2, -0.15) is 0 Å². The molecular formula is C14H22N2O2. The van der Waals surface area contributed by atoms with E-state index in [2.05, 4.69) is 11.9 Å². The van der Waals surface area contributed by atoms with Crippen molar-refractivity contribution in [3.63, 3.8) is 0 Å². The van der Waals surface area contributed by atoms with Crippen molar-refractivity contribution in [1.82, 2.24) is 9.80 Å². The van der Waals surface area contributed by atoms with Crippen LogP contribution in [-0.4, -0.2) is 48.9 Å². The minimum atomic E-state index is 0.0910. The largest absolute Gasteiger partial charge is 0.469 e. The van der Waals surface area contributed by atoms with Crippen molar-refractivity contribution >= 4 is 5.91 Å². The topological polar surface area (TPSA) is 36.7 Å². The number of carbonyl (C=O) groups excluding carboxylic acids is 1. The first-order chi connectivity index (χ1) is 8.50. The Morgan fingerprint density at radius 3 is 2.50 bits per heavy atom. The van der Waals surface area contributed by atoms with E-state index in [0.717, 1.165) is 42.8 Å². The minimum Gasteiger partial charge on any atom is -0.469 e. The molecule has 4 nitrogen and oxygen atoms in total. The van der Waals surface area contributed by atoms with Crippen LogP contribution in [0.2, 0.25) is 0 Å². The lowest BCUT2D eigenvalue weighted by Gasteiger charge is -2.35. The summed E-state index contributed by atoms with van der Waals surface area (Å²) in [5, 5.41) is 0. The summed E-state index contributed by atoms with van der Waals surface area (Å²) in [6.45, 7) is 5.90. The standard InChI is InChI=1S/C14H22N2O2/c1-10-9-18-11(2)13(10)14(17)16(4)12-5-7-15(3)8-6-12/h9,12H,5-8H2,1-4H3. The fourth-order valence-corrected chi connectivity index (χ4v) is 2.62. The van der Waals surface area contributed by atoms with Gasteiger partial charge in [0.15, 0.2) is 0 Å². The number of aryl methyl sites for hydroxylation is 2. The van der Waals surface area contributed by atoms with Crippen LogP contribution < -0.4 is 0 Å². The highest BCUT2D eigenvalue weighted by molar-refractivity contribution is 5.96. The van der Waals surface area contributed by atoms with Crippen molar-refractivity contribution in [1.29, 1.82) is 0 Å². The van der Waals surface area contributed by atoms with Gasteiger partial charge in [-0.15, -0.1) is 0 Å². The normalized spacial score (nSPS) is 18.0. The second-order valence-corrected chi connectivity index (χ2v) is 5.30. The maximum atomic E-state index is 12.5. The van der Waals surface area contributed by atoms with Crippen LogP contribution in [0.5, 0.6) is 0 Å². The van der Waals surface area contributed by atoms with E-state index in [9.17, 15) is 4.79 Å². The van der Waals surface area contributed by atoms with E-state index in [1.165, 1.54) is 0 Å². The number of hydrogen-bond acceptors (Lipinski definition) is 3. The van der Waals surface area contributed by atoms with Crippen molar-refractivity contribution in [3.8, 4) is 0 Å². The number of amides is 1. The molecule has 0 atom stereocenters. The molecule has 1 amide bonds. The third-order valence-electron chi connectivity index (χ3n) is 3.93. The van der Waals surface area contributed by atoms with E-state index in [4.69, 9.17) is 4.42 Å². The molecule has 1 aliphatic rings. The molecule has 1 aromatic rings. The van der Waals surface area contributed by atoms with E-state index >= 15 is 0 Å². The van der Waals surface area contributed by atoms with Gasteiger partial charge in [0.25, 0.3) is 5.91 Å². The maximum absolute atomic E-state index is 12.5. The number of hydrogen-bond donors (Lipinski definition) is 0. The summed E-state index contributed by atoms with van der Waals surface area (Å²) in [7, 11) is 4.03. The monoisotopic (exact) mass is 250 g/mol. The fraction of sp³-hybridized carbons (Fsp3) is 0.643. The molecule has 0 aromatic carbocycles. The van der Waals surface area contributed by atoms with Crippen molar-refractivity contribution in [2.45, 2.75) is 32.7 Å². The molecule has 0 saturated carbocycles. The molecule has 1 aliphatic heterocycles. The third kappa shape index (κ3) is 2.43. The van der Waals surface area contributed by atoms with E-state index in [1.54, 1.807) is 6.26 Å². The average Bonchev–Trinajstić information content (AvgIpc) is 2.68. The van der Waals surface area contributed by atoms with Gasteiger partial charge in [-0.1, -0.05) is 0 Å². The summed E-state index contributed by atoms with van der Waals surface area (Å²) in [6, 6.07) is 0.349. The third-order valence-corrected chi connectivity index (χ3v) is 3.93.